The quantitative estimate of drug-likeness (QED) is 0.803. The van der Waals surface area contributed by atoms with Crippen LogP contribution in [0.1, 0.15) is 25.7 Å². The zero-order valence-corrected chi connectivity index (χ0v) is 13.5. The molecule has 23 heavy (non-hydrogen) atoms. The first-order valence-corrected chi connectivity index (χ1v) is 8.48. The number of aromatic nitrogens is 2. The summed E-state index contributed by atoms with van der Waals surface area (Å²) in [7, 11) is 0. The predicted octanol–water partition coefficient (Wildman–Crippen LogP) is 3.01. The summed E-state index contributed by atoms with van der Waals surface area (Å²) in [4.78, 5) is 2.55. The summed E-state index contributed by atoms with van der Waals surface area (Å²) in [6.07, 6.45) is 5.19. The van der Waals surface area contributed by atoms with Gasteiger partial charge in [0.25, 0.3) is 0 Å². The first-order valence-electron chi connectivity index (χ1n) is 8.48. The van der Waals surface area contributed by atoms with Crippen molar-refractivity contribution in [2.75, 3.05) is 37.2 Å². The molecule has 0 unspecified atom stereocenters. The highest BCUT2D eigenvalue weighted by molar-refractivity contribution is 5.75. The Kier molecular flexibility index (Phi) is 5.42. The number of piperidine rings is 1. The zero-order chi connectivity index (χ0) is 15.9. The average Bonchev–Trinajstić information content (AvgIpc) is 2.62. The molecule has 2 heterocycles. The molecule has 0 radical (unpaired) electrons. The van der Waals surface area contributed by atoms with Gasteiger partial charge in [-0.15, -0.1) is 10.2 Å². The molecule has 1 aliphatic rings. The Hall–Kier alpha value is -2.14. The van der Waals surface area contributed by atoms with E-state index in [-0.39, 0.29) is 0 Å². The summed E-state index contributed by atoms with van der Waals surface area (Å²) < 4.78 is 0. The summed E-state index contributed by atoms with van der Waals surface area (Å²) in [6, 6.07) is 12.1. The van der Waals surface area contributed by atoms with Gasteiger partial charge in [-0.25, -0.2) is 0 Å². The van der Waals surface area contributed by atoms with Gasteiger partial charge in [0.1, 0.15) is 5.82 Å². The molecule has 2 aromatic rings. The number of nitrogens with one attached hydrogen (secondary N) is 1. The molecule has 1 aromatic carbocycles. The van der Waals surface area contributed by atoms with E-state index in [1.165, 1.54) is 32.4 Å². The molecule has 0 spiro atoms. The standard InChI is InChI=1S/C18H25N5/c19-18-16(15-8-3-1-4-9-15)14-17(21-22-18)20-10-7-13-23-11-5-2-6-12-23/h1,3-4,8-9,14H,2,5-7,10-13H2,(H2,19,22)(H,20,21). The summed E-state index contributed by atoms with van der Waals surface area (Å²) in [6.45, 7) is 4.56. The van der Waals surface area contributed by atoms with Crippen molar-refractivity contribution in [2.24, 2.45) is 0 Å². The lowest BCUT2D eigenvalue weighted by Crippen LogP contribution is -2.31. The fraction of sp³-hybridized carbons (Fsp3) is 0.444. The number of nitrogens with zero attached hydrogens (tertiary/aromatic N) is 3. The van der Waals surface area contributed by atoms with E-state index >= 15 is 0 Å². The van der Waals surface area contributed by atoms with Crippen LogP contribution in [0.5, 0.6) is 0 Å². The first kappa shape index (κ1) is 15.7. The molecule has 0 atom stereocenters. The van der Waals surface area contributed by atoms with E-state index in [0.29, 0.717) is 5.82 Å². The largest absolute Gasteiger partial charge is 0.382 e. The summed E-state index contributed by atoms with van der Waals surface area (Å²) >= 11 is 0. The Morgan fingerprint density at radius 2 is 1.83 bits per heavy atom. The van der Waals surface area contributed by atoms with Crippen molar-refractivity contribution in [1.29, 1.82) is 0 Å². The maximum atomic E-state index is 5.97. The van der Waals surface area contributed by atoms with Gasteiger partial charge < -0.3 is 16.0 Å². The number of benzene rings is 1. The maximum absolute atomic E-state index is 5.97. The molecule has 1 aromatic heterocycles. The lowest BCUT2D eigenvalue weighted by molar-refractivity contribution is 0.228. The van der Waals surface area contributed by atoms with Gasteiger partial charge in [0.05, 0.1) is 0 Å². The van der Waals surface area contributed by atoms with E-state index in [4.69, 9.17) is 5.73 Å². The van der Waals surface area contributed by atoms with Crippen LogP contribution in [0.4, 0.5) is 11.6 Å². The van der Waals surface area contributed by atoms with Crippen molar-refractivity contribution in [3.8, 4) is 11.1 Å². The topological polar surface area (TPSA) is 67.1 Å². The fourth-order valence-electron chi connectivity index (χ4n) is 3.04. The number of nitrogen functional groups attached to an aromatic ring is 1. The van der Waals surface area contributed by atoms with Crippen LogP contribution >= 0.6 is 0 Å². The monoisotopic (exact) mass is 311 g/mol. The van der Waals surface area contributed by atoms with E-state index in [2.05, 4.69) is 20.4 Å². The molecule has 3 N–H and O–H groups in total. The second kappa shape index (κ2) is 7.92. The lowest BCUT2D eigenvalue weighted by Gasteiger charge is -2.26. The number of hydrogen-bond acceptors (Lipinski definition) is 5. The van der Waals surface area contributed by atoms with Crippen molar-refractivity contribution in [3.05, 3.63) is 36.4 Å². The van der Waals surface area contributed by atoms with Crippen LogP contribution in [0, 0.1) is 0 Å². The third-order valence-corrected chi connectivity index (χ3v) is 4.31. The van der Waals surface area contributed by atoms with Crippen LogP contribution in [-0.2, 0) is 0 Å². The van der Waals surface area contributed by atoms with Crippen molar-refractivity contribution >= 4 is 11.6 Å². The lowest BCUT2D eigenvalue weighted by atomic mass is 10.1. The molecular weight excluding hydrogens is 286 g/mol. The molecule has 1 saturated heterocycles. The Morgan fingerprint density at radius 1 is 1.04 bits per heavy atom. The molecule has 122 valence electrons. The first-order chi connectivity index (χ1) is 11.3. The summed E-state index contributed by atoms with van der Waals surface area (Å²) in [5.41, 5.74) is 7.96. The number of nitrogens with two attached hydrogens (primary N) is 1. The molecule has 1 aliphatic heterocycles. The maximum Gasteiger partial charge on any atom is 0.154 e. The van der Waals surface area contributed by atoms with Gasteiger partial charge in [0.15, 0.2) is 5.82 Å². The van der Waals surface area contributed by atoms with Crippen molar-refractivity contribution in [2.45, 2.75) is 25.7 Å². The number of anilines is 2. The van der Waals surface area contributed by atoms with E-state index in [1.807, 2.05) is 36.4 Å². The second-order valence-corrected chi connectivity index (χ2v) is 6.08. The van der Waals surface area contributed by atoms with Gasteiger partial charge in [-0.3, -0.25) is 0 Å². The van der Waals surface area contributed by atoms with E-state index in [1.54, 1.807) is 0 Å². The van der Waals surface area contributed by atoms with Gasteiger partial charge in [-0.05, 0) is 50.5 Å². The van der Waals surface area contributed by atoms with Crippen LogP contribution in [0.15, 0.2) is 36.4 Å². The minimum atomic E-state index is 0.468. The molecule has 5 nitrogen and oxygen atoms in total. The smallest absolute Gasteiger partial charge is 0.154 e. The molecule has 0 amide bonds. The molecule has 5 heteroatoms. The van der Waals surface area contributed by atoms with Gasteiger partial charge in [-0.1, -0.05) is 36.8 Å². The van der Waals surface area contributed by atoms with Crippen molar-refractivity contribution in [3.63, 3.8) is 0 Å². The van der Waals surface area contributed by atoms with Crippen molar-refractivity contribution in [1.82, 2.24) is 15.1 Å². The van der Waals surface area contributed by atoms with Crippen LogP contribution in [0.3, 0.4) is 0 Å². The Morgan fingerprint density at radius 3 is 2.61 bits per heavy atom. The van der Waals surface area contributed by atoms with Gasteiger partial charge in [0.2, 0.25) is 0 Å². The van der Waals surface area contributed by atoms with Gasteiger partial charge >= 0.3 is 0 Å². The third kappa shape index (κ3) is 4.42. The van der Waals surface area contributed by atoms with Crippen LogP contribution in [0.2, 0.25) is 0 Å². The molecule has 0 bridgehead atoms. The highest BCUT2D eigenvalue weighted by Crippen LogP contribution is 2.25. The highest BCUT2D eigenvalue weighted by Gasteiger charge is 2.09. The molecule has 1 fully saturated rings. The summed E-state index contributed by atoms with van der Waals surface area (Å²) in [5, 5.41) is 11.6. The Bertz CT molecular complexity index is 608. The zero-order valence-electron chi connectivity index (χ0n) is 13.5. The van der Waals surface area contributed by atoms with E-state index < -0.39 is 0 Å². The molecule has 3 rings (SSSR count). The third-order valence-electron chi connectivity index (χ3n) is 4.31. The van der Waals surface area contributed by atoms with Gasteiger partial charge in [0, 0.05) is 12.1 Å². The minimum Gasteiger partial charge on any atom is -0.382 e. The number of likely N-dealkylation sites (tertiary alicyclic amines) is 1. The van der Waals surface area contributed by atoms with E-state index in [9.17, 15) is 0 Å². The van der Waals surface area contributed by atoms with Crippen LogP contribution < -0.4 is 11.1 Å². The van der Waals surface area contributed by atoms with Gasteiger partial charge in [-0.2, -0.15) is 0 Å². The Labute approximate surface area is 137 Å². The average molecular weight is 311 g/mol. The Balaban J connectivity index is 1.54. The highest BCUT2D eigenvalue weighted by atomic mass is 15.2. The second-order valence-electron chi connectivity index (χ2n) is 6.08. The SMILES string of the molecule is Nc1nnc(NCCCN2CCCCC2)cc1-c1ccccc1. The van der Waals surface area contributed by atoms with E-state index in [0.717, 1.165) is 36.5 Å². The fourth-order valence-corrected chi connectivity index (χ4v) is 3.04. The molecular formula is C18H25N5. The predicted molar refractivity (Wildman–Crippen MR) is 95.3 cm³/mol. The summed E-state index contributed by atoms with van der Waals surface area (Å²) in [5.74, 6) is 1.26. The van der Waals surface area contributed by atoms with Crippen molar-refractivity contribution < 1.29 is 0 Å². The number of rotatable bonds is 6. The van der Waals surface area contributed by atoms with Crippen LogP contribution in [-0.4, -0.2) is 41.3 Å². The normalized spacial score (nSPS) is 15.5. The molecule has 0 aliphatic carbocycles. The number of hydrogen-bond donors (Lipinski definition) is 2. The van der Waals surface area contributed by atoms with Crippen LogP contribution in [0.25, 0.3) is 11.1 Å². The molecule has 0 saturated carbocycles. The minimum absolute atomic E-state index is 0.468.